The van der Waals surface area contributed by atoms with Gasteiger partial charge in [-0.2, -0.15) is 0 Å². The van der Waals surface area contributed by atoms with Gasteiger partial charge < -0.3 is 5.11 Å². The van der Waals surface area contributed by atoms with Gasteiger partial charge in [0.1, 0.15) is 6.04 Å². The lowest BCUT2D eigenvalue weighted by Crippen LogP contribution is -2.42. The lowest BCUT2D eigenvalue weighted by molar-refractivity contribution is -0.143. The summed E-state index contributed by atoms with van der Waals surface area (Å²) in [6.07, 6.45) is -0.0523. The summed E-state index contributed by atoms with van der Waals surface area (Å²) in [5.41, 5.74) is 0. The third-order valence-electron chi connectivity index (χ3n) is 2.75. The molecule has 7 heteroatoms. The summed E-state index contributed by atoms with van der Waals surface area (Å²) in [5.74, 6) is -1.98. The number of aliphatic carboxylic acids is 1. The molecule has 0 aromatic heterocycles. The largest absolute Gasteiger partial charge is 0.480 e. The standard InChI is InChI=1S/C11H11NO5S/c13-10-7-6-9(11(14)15)12(10)18(16,17)8-4-2-1-3-5-8/h1-5,9H,6-7H2,(H,14,15)/t9-/m0/s1. The second kappa shape index (κ2) is 4.41. The quantitative estimate of drug-likeness (QED) is 0.860. The SMILES string of the molecule is O=C(O)[C@@H]1CCC(=O)N1S(=O)(=O)c1ccccc1. The molecule has 1 amide bonds. The number of carboxylic acids is 1. The highest BCUT2D eigenvalue weighted by Crippen LogP contribution is 2.27. The Hall–Kier alpha value is -1.89. The maximum atomic E-state index is 12.2. The molecule has 0 bridgehead atoms. The van der Waals surface area contributed by atoms with E-state index in [1.54, 1.807) is 6.07 Å². The number of carboxylic acid groups (broad SMARTS) is 1. The number of hydrogen-bond acceptors (Lipinski definition) is 4. The van der Waals surface area contributed by atoms with Crippen LogP contribution < -0.4 is 0 Å². The number of rotatable bonds is 3. The molecule has 96 valence electrons. The highest BCUT2D eigenvalue weighted by atomic mass is 32.2. The van der Waals surface area contributed by atoms with E-state index in [0.29, 0.717) is 4.31 Å². The molecule has 0 spiro atoms. The van der Waals surface area contributed by atoms with Gasteiger partial charge in [-0.15, -0.1) is 0 Å². The number of amides is 1. The molecule has 1 atom stereocenters. The molecule has 2 rings (SSSR count). The summed E-state index contributed by atoms with van der Waals surface area (Å²) in [4.78, 5) is 22.5. The van der Waals surface area contributed by atoms with E-state index in [-0.39, 0.29) is 17.7 Å². The maximum Gasteiger partial charge on any atom is 0.327 e. The molecule has 6 nitrogen and oxygen atoms in total. The molecule has 1 aromatic rings. The van der Waals surface area contributed by atoms with Gasteiger partial charge in [-0.05, 0) is 18.6 Å². The average molecular weight is 269 g/mol. The van der Waals surface area contributed by atoms with Crippen molar-refractivity contribution in [2.45, 2.75) is 23.8 Å². The zero-order chi connectivity index (χ0) is 13.3. The van der Waals surface area contributed by atoms with Crippen molar-refractivity contribution in [1.82, 2.24) is 4.31 Å². The molecule has 0 aliphatic carbocycles. The normalized spacial score (nSPS) is 20.1. The van der Waals surface area contributed by atoms with Crippen LogP contribution in [0.5, 0.6) is 0 Å². The molecule has 0 radical (unpaired) electrons. The molecular weight excluding hydrogens is 258 g/mol. The van der Waals surface area contributed by atoms with Gasteiger partial charge in [0.15, 0.2) is 0 Å². The van der Waals surface area contributed by atoms with Crippen molar-refractivity contribution in [2.75, 3.05) is 0 Å². The van der Waals surface area contributed by atoms with E-state index in [0.717, 1.165) is 0 Å². The monoisotopic (exact) mass is 269 g/mol. The third-order valence-corrected chi connectivity index (χ3v) is 4.59. The first-order chi connectivity index (χ1) is 8.44. The summed E-state index contributed by atoms with van der Waals surface area (Å²) in [6, 6.07) is 6.04. The van der Waals surface area contributed by atoms with E-state index in [2.05, 4.69) is 0 Å². The maximum absolute atomic E-state index is 12.2. The van der Waals surface area contributed by atoms with E-state index in [4.69, 9.17) is 5.11 Å². The molecule has 18 heavy (non-hydrogen) atoms. The molecule has 1 aliphatic rings. The van der Waals surface area contributed by atoms with Gasteiger partial charge in [-0.25, -0.2) is 17.5 Å². The lowest BCUT2D eigenvalue weighted by Gasteiger charge is -2.21. The second-order valence-corrected chi connectivity index (χ2v) is 5.72. The molecule has 1 saturated heterocycles. The van der Waals surface area contributed by atoms with Crippen LogP contribution in [-0.4, -0.2) is 35.7 Å². The van der Waals surface area contributed by atoms with Crippen molar-refractivity contribution in [1.29, 1.82) is 0 Å². The zero-order valence-electron chi connectivity index (χ0n) is 9.31. The van der Waals surface area contributed by atoms with E-state index in [1.165, 1.54) is 24.3 Å². The van der Waals surface area contributed by atoms with Crippen molar-refractivity contribution in [3.63, 3.8) is 0 Å². The number of nitrogens with zero attached hydrogens (tertiary/aromatic N) is 1. The van der Waals surface area contributed by atoms with E-state index in [1.807, 2.05) is 0 Å². The van der Waals surface area contributed by atoms with Crippen molar-refractivity contribution in [3.8, 4) is 0 Å². The summed E-state index contributed by atoms with van der Waals surface area (Å²) in [6.45, 7) is 0. The average Bonchev–Trinajstić information content (AvgIpc) is 2.73. The predicted octanol–water partition coefficient (Wildman–Crippen LogP) is 0.451. The van der Waals surface area contributed by atoms with Crippen LogP contribution in [0.1, 0.15) is 12.8 Å². The number of carbonyl (C=O) groups is 2. The molecule has 1 aliphatic heterocycles. The highest BCUT2D eigenvalue weighted by Gasteiger charge is 2.44. The summed E-state index contributed by atoms with van der Waals surface area (Å²) in [5, 5.41) is 8.95. The summed E-state index contributed by atoms with van der Waals surface area (Å²) in [7, 11) is -4.08. The Morgan fingerprint density at radius 2 is 1.89 bits per heavy atom. The third kappa shape index (κ3) is 1.97. The van der Waals surface area contributed by atoms with Gasteiger partial charge in [0.2, 0.25) is 5.91 Å². The molecular formula is C11H11NO5S. The van der Waals surface area contributed by atoms with Crippen LogP contribution in [-0.2, 0) is 19.6 Å². The van der Waals surface area contributed by atoms with Crippen molar-refractivity contribution >= 4 is 21.9 Å². The topological polar surface area (TPSA) is 91.8 Å². The number of carbonyl (C=O) groups excluding carboxylic acids is 1. The van der Waals surface area contributed by atoms with Crippen molar-refractivity contribution in [2.24, 2.45) is 0 Å². The minimum absolute atomic E-state index is 0.0141. The van der Waals surface area contributed by atoms with Crippen molar-refractivity contribution < 1.29 is 23.1 Å². The molecule has 0 saturated carbocycles. The van der Waals surface area contributed by atoms with Gasteiger partial charge in [0.25, 0.3) is 10.0 Å². The second-order valence-electron chi connectivity index (χ2n) is 3.90. The van der Waals surface area contributed by atoms with Crippen molar-refractivity contribution in [3.05, 3.63) is 30.3 Å². The Balaban J connectivity index is 2.46. The fourth-order valence-electron chi connectivity index (χ4n) is 1.89. The fourth-order valence-corrected chi connectivity index (χ4v) is 3.51. The number of hydrogen-bond donors (Lipinski definition) is 1. The fraction of sp³-hybridized carbons (Fsp3) is 0.273. The Labute approximate surface area is 104 Å². The van der Waals surface area contributed by atoms with E-state index < -0.39 is 27.9 Å². The van der Waals surface area contributed by atoms with Crippen LogP contribution in [0, 0.1) is 0 Å². The van der Waals surface area contributed by atoms with Crippen LogP contribution >= 0.6 is 0 Å². The van der Waals surface area contributed by atoms with Gasteiger partial charge >= 0.3 is 5.97 Å². The van der Waals surface area contributed by atoms with Gasteiger partial charge in [0, 0.05) is 6.42 Å². The first-order valence-corrected chi connectivity index (χ1v) is 6.73. The van der Waals surface area contributed by atoms with E-state index in [9.17, 15) is 18.0 Å². The molecule has 1 N–H and O–H groups in total. The Morgan fingerprint density at radius 1 is 1.28 bits per heavy atom. The number of benzene rings is 1. The molecule has 1 heterocycles. The predicted molar refractivity (Wildman–Crippen MR) is 61.1 cm³/mol. The molecule has 1 aromatic carbocycles. The Bertz CT molecular complexity index is 581. The van der Waals surface area contributed by atoms with Crippen LogP contribution in [0.3, 0.4) is 0 Å². The van der Waals surface area contributed by atoms with Crippen LogP contribution in [0.25, 0.3) is 0 Å². The van der Waals surface area contributed by atoms with Gasteiger partial charge in [0.05, 0.1) is 4.90 Å². The summed E-state index contributed by atoms with van der Waals surface area (Å²) < 4.78 is 24.9. The Morgan fingerprint density at radius 3 is 2.44 bits per heavy atom. The van der Waals surface area contributed by atoms with Crippen LogP contribution in [0.15, 0.2) is 35.2 Å². The van der Waals surface area contributed by atoms with Crippen LogP contribution in [0.4, 0.5) is 0 Å². The Kier molecular flexibility index (Phi) is 3.08. The van der Waals surface area contributed by atoms with Crippen LogP contribution in [0.2, 0.25) is 0 Å². The van der Waals surface area contributed by atoms with Gasteiger partial charge in [-0.1, -0.05) is 18.2 Å². The summed E-state index contributed by atoms with van der Waals surface area (Å²) >= 11 is 0. The van der Waals surface area contributed by atoms with Gasteiger partial charge in [-0.3, -0.25) is 4.79 Å². The first-order valence-electron chi connectivity index (χ1n) is 5.29. The smallest absolute Gasteiger partial charge is 0.327 e. The highest BCUT2D eigenvalue weighted by molar-refractivity contribution is 7.89. The minimum Gasteiger partial charge on any atom is -0.480 e. The lowest BCUT2D eigenvalue weighted by atomic mass is 10.2. The molecule has 1 fully saturated rings. The first kappa shape index (κ1) is 12.6. The molecule has 0 unspecified atom stereocenters. The van der Waals surface area contributed by atoms with E-state index >= 15 is 0 Å². The zero-order valence-corrected chi connectivity index (χ0v) is 10.1. The minimum atomic E-state index is -4.08. The number of sulfonamides is 1.